The molecular weight excluding hydrogens is 307 g/mol. The molecule has 1 rings (SSSR count). The Kier molecular flexibility index (Phi) is 14.2. The van der Waals surface area contributed by atoms with Crippen LogP contribution in [0.4, 0.5) is 0 Å². The zero-order valence-corrected chi connectivity index (χ0v) is 14.7. The normalized spacial score (nSPS) is 26.4. The van der Waals surface area contributed by atoms with Crippen molar-refractivity contribution in [3.63, 3.8) is 0 Å². The Morgan fingerprint density at radius 3 is 2.06 bits per heavy atom. The van der Waals surface area contributed by atoms with E-state index < -0.39 is 0 Å². The number of likely N-dealkylation sites (N-methyl/N-ethyl adjacent to an activating group) is 2. The minimum absolute atomic E-state index is 0. The average molecular weight is 332 g/mol. The van der Waals surface area contributed by atoms with Gasteiger partial charge in [-0.15, -0.1) is 0 Å². The van der Waals surface area contributed by atoms with E-state index in [1.165, 1.54) is 6.54 Å². The molecular formula is C11H25Cl2N4Ti. The van der Waals surface area contributed by atoms with Crippen molar-refractivity contribution < 1.29 is 45.5 Å². The van der Waals surface area contributed by atoms with Crippen molar-refractivity contribution in [2.45, 2.75) is 13.0 Å². The zero-order valence-electron chi connectivity index (χ0n) is 11.6. The van der Waals surface area contributed by atoms with Gasteiger partial charge in [0.05, 0.1) is 0 Å². The molecule has 0 saturated carbocycles. The van der Waals surface area contributed by atoms with Crippen LogP contribution in [0.1, 0.15) is 6.92 Å². The second-order valence-electron chi connectivity index (χ2n) is 4.85. The van der Waals surface area contributed by atoms with Gasteiger partial charge in [-0.05, 0) is 0 Å². The second kappa shape index (κ2) is 11.9. The maximum Gasteiger partial charge on any atom is -1.00 e. The molecule has 107 valence electrons. The third kappa shape index (κ3) is 9.10. The van der Waals surface area contributed by atoms with E-state index >= 15 is 0 Å². The standard InChI is InChI=1S/C11H25N4.2ClH.Ti/c1-11-10-12-4-6-14(2)8-9-15(3)7-5-13-11;;;/h11-12H,4-10H2,1-3H3;2*1H;/q-1;;;+3/p-2. The first-order valence-electron chi connectivity index (χ1n) is 6.15. The molecule has 0 radical (unpaired) electrons. The molecule has 0 amide bonds. The van der Waals surface area contributed by atoms with Gasteiger partial charge in [0.25, 0.3) is 0 Å². The molecule has 1 N–H and O–H groups in total. The Morgan fingerprint density at radius 2 is 1.44 bits per heavy atom. The van der Waals surface area contributed by atoms with Crippen molar-refractivity contribution in [3.8, 4) is 0 Å². The van der Waals surface area contributed by atoms with Crippen molar-refractivity contribution in [1.29, 1.82) is 0 Å². The Hall–Kier alpha value is 1.13. The smallest absolute Gasteiger partial charge is 1.00 e. The van der Waals surface area contributed by atoms with E-state index in [1.807, 2.05) is 0 Å². The number of rotatable bonds is 0. The van der Waals surface area contributed by atoms with Crippen LogP contribution in [0.5, 0.6) is 0 Å². The minimum atomic E-state index is 0. The largest absolute Gasteiger partial charge is 1.00 e. The second-order valence-corrected chi connectivity index (χ2v) is 5.75. The third-order valence-electron chi connectivity index (χ3n) is 3.23. The number of hydrogen-bond donors (Lipinski definition) is 1. The summed E-state index contributed by atoms with van der Waals surface area (Å²) in [5, 5.41) is 3.53. The predicted molar refractivity (Wildman–Crippen MR) is 64.0 cm³/mol. The van der Waals surface area contributed by atoms with Crippen LogP contribution in [0.15, 0.2) is 0 Å². The number of hydrogen-bond acceptors (Lipinski definition) is 4. The third-order valence-corrected chi connectivity index (χ3v) is 4.27. The fourth-order valence-corrected chi connectivity index (χ4v) is 2.05. The number of nitrogens with one attached hydrogen (secondary N) is 1. The Labute approximate surface area is 136 Å². The van der Waals surface area contributed by atoms with E-state index in [2.05, 4.69) is 60.2 Å². The summed E-state index contributed by atoms with van der Waals surface area (Å²) in [4.78, 5) is 4.83. The maximum absolute atomic E-state index is 3.53. The first-order valence-corrected chi connectivity index (χ1v) is 6.85. The first kappa shape index (κ1) is 21.4. The van der Waals surface area contributed by atoms with Gasteiger partial charge in [-0.3, -0.25) is 0 Å². The van der Waals surface area contributed by atoms with Crippen molar-refractivity contribution in [2.75, 3.05) is 59.9 Å². The molecule has 1 fully saturated rings. The van der Waals surface area contributed by atoms with Crippen LogP contribution in [0.3, 0.4) is 0 Å². The summed E-state index contributed by atoms with van der Waals surface area (Å²) in [5.41, 5.74) is 0. The molecule has 0 bridgehead atoms. The fraction of sp³-hybridized carbons (Fsp3) is 1.00. The van der Waals surface area contributed by atoms with E-state index in [1.54, 1.807) is 0 Å². The molecule has 1 heterocycles. The monoisotopic (exact) mass is 331 g/mol. The quantitative estimate of drug-likeness (QED) is 0.446. The van der Waals surface area contributed by atoms with Gasteiger partial charge in [0.1, 0.15) is 0 Å². The molecule has 0 spiro atoms. The summed E-state index contributed by atoms with van der Waals surface area (Å²) in [6, 6.07) is 0.623. The van der Waals surface area contributed by atoms with E-state index in [-0.39, 0.29) is 24.8 Å². The van der Waals surface area contributed by atoms with Gasteiger partial charge in [-0.25, -0.2) is 0 Å². The molecule has 1 saturated heterocycles. The SMILES string of the molecule is CC1CNCCN(C)CCN(C)CC[N]1[Ti+2].[Cl-].[Cl-]. The molecule has 1 unspecified atom stereocenters. The average Bonchev–Trinajstić information content (AvgIpc) is 2.27. The van der Waals surface area contributed by atoms with Crippen LogP contribution in [0.25, 0.3) is 0 Å². The van der Waals surface area contributed by atoms with Crippen molar-refractivity contribution in [3.05, 3.63) is 0 Å². The van der Waals surface area contributed by atoms with E-state index in [4.69, 9.17) is 0 Å². The molecule has 1 aliphatic rings. The molecule has 0 aromatic rings. The minimum Gasteiger partial charge on any atom is -1.00 e. The molecule has 4 nitrogen and oxygen atoms in total. The van der Waals surface area contributed by atoms with Crippen molar-refractivity contribution >= 4 is 0 Å². The van der Waals surface area contributed by atoms with Crippen LogP contribution in [0.2, 0.25) is 0 Å². The van der Waals surface area contributed by atoms with Crippen LogP contribution in [0, 0.1) is 0 Å². The molecule has 1 aliphatic heterocycles. The van der Waals surface area contributed by atoms with Gasteiger partial charge in [-0.2, -0.15) is 0 Å². The summed E-state index contributed by atoms with van der Waals surface area (Å²) >= 11 is 2.22. The topological polar surface area (TPSA) is 21.8 Å². The van der Waals surface area contributed by atoms with Gasteiger partial charge < -0.3 is 24.8 Å². The summed E-state index contributed by atoms with van der Waals surface area (Å²) in [6.07, 6.45) is 0. The van der Waals surface area contributed by atoms with E-state index in [9.17, 15) is 0 Å². The van der Waals surface area contributed by atoms with Gasteiger partial charge in [0, 0.05) is 0 Å². The van der Waals surface area contributed by atoms with E-state index in [0.29, 0.717) is 6.04 Å². The van der Waals surface area contributed by atoms with Crippen LogP contribution < -0.4 is 30.1 Å². The predicted octanol–water partition coefficient (Wildman–Crippen LogP) is -6.39. The molecule has 18 heavy (non-hydrogen) atoms. The molecule has 0 aliphatic carbocycles. The van der Waals surface area contributed by atoms with Gasteiger partial charge in [-0.1, -0.05) is 0 Å². The fourth-order valence-electron chi connectivity index (χ4n) is 1.75. The zero-order chi connectivity index (χ0) is 12.0. The van der Waals surface area contributed by atoms with E-state index in [0.717, 1.165) is 39.3 Å². The number of nitrogens with zero attached hydrogens (tertiary/aromatic N) is 3. The Bertz CT molecular complexity index is 200. The van der Waals surface area contributed by atoms with Gasteiger partial charge in [0.2, 0.25) is 0 Å². The van der Waals surface area contributed by atoms with Gasteiger partial charge >= 0.3 is 112 Å². The maximum atomic E-state index is 3.53. The molecule has 1 atom stereocenters. The summed E-state index contributed by atoms with van der Waals surface area (Å²) in [7, 11) is 4.42. The summed E-state index contributed by atoms with van der Waals surface area (Å²) < 4.78 is 2.44. The number of halogens is 2. The van der Waals surface area contributed by atoms with Crippen LogP contribution in [-0.4, -0.2) is 79.1 Å². The Balaban J connectivity index is 0. The molecule has 0 aromatic heterocycles. The molecule has 7 heteroatoms. The van der Waals surface area contributed by atoms with Gasteiger partial charge in [0.15, 0.2) is 0 Å². The summed E-state index contributed by atoms with van der Waals surface area (Å²) in [5.74, 6) is 0. The molecule has 0 aromatic carbocycles. The van der Waals surface area contributed by atoms with Crippen LogP contribution in [-0.2, 0) is 20.7 Å². The summed E-state index contributed by atoms with van der Waals surface area (Å²) in [6.45, 7) is 10.3. The first-order chi connectivity index (χ1) is 7.59. The van der Waals surface area contributed by atoms with Crippen molar-refractivity contribution in [1.82, 2.24) is 18.5 Å². The van der Waals surface area contributed by atoms with Crippen molar-refractivity contribution in [2.24, 2.45) is 0 Å². The van der Waals surface area contributed by atoms with Crippen LogP contribution >= 0.6 is 0 Å². The Morgan fingerprint density at radius 1 is 0.944 bits per heavy atom.